The molecule has 2 aromatic heterocycles. The average molecular weight is 1220 g/mol. The quantitative estimate of drug-likeness (QED) is 0.0851. The molecule has 0 amide bonds. The first-order valence-corrected chi connectivity index (χ1v) is 33.0. The van der Waals surface area contributed by atoms with Crippen LogP contribution >= 0.6 is 11.6 Å². The van der Waals surface area contributed by atoms with Gasteiger partial charge in [-0.05, 0) is 168 Å². The van der Waals surface area contributed by atoms with Crippen molar-refractivity contribution in [1.29, 1.82) is 0 Å². The SMILES string of the molecule is Cc1cccc2cccc(N3CCc4c(nc(OC[C@@H]5CC(c6cc(N7CCc8c(nc(OC[C@@H]9CCCN9C)nc8N8CCC(N=C=NCc9ccc(Cl)cc9)CC8)C7)c7c(C)cccc7c6)CN5C)nc4N4CCC(N=C=Nc5ccccc5)CC4)C3)c12. The fraction of sp³-hybridized carbons (Fsp3) is 0.425. The molecule has 4 fully saturated rings. The first-order chi connectivity index (χ1) is 44.1. The van der Waals surface area contributed by atoms with Crippen molar-refractivity contribution in [2.75, 3.05) is 99.3 Å². The van der Waals surface area contributed by atoms with E-state index in [0.717, 1.165) is 143 Å². The van der Waals surface area contributed by atoms with E-state index in [2.05, 4.69) is 146 Å². The van der Waals surface area contributed by atoms with Gasteiger partial charge in [-0.1, -0.05) is 96.5 Å². The van der Waals surface area contributed by atoms with E-state index in [1.165, 1.54) is 67.2 Å². The number of benzene rings is 6. The molecule has 4 saturated heterocycles. The lowest BCUT2D eigenvalue weighted by Gasteiger charge is -2.36. The fourth-order valence-corrected chi connectivity index (χ4v) is 14.8. The molecule has 0 radical (unpaired) electrons. The van der Waals surface area contributed by atoms with E-state index in [1.807, 2.05) is 54.6 Å². The highest BCUT2D eigenvalue weighted by molar-refractivity contribution is 6.30. The number of anilines is 4. The summed E-state index contributed by atoms with van der Waals surface area (Å²) in [5, 5.41) is 5.85. The van der Waals surface area contributed by atoms with E-state index in [1.54, 1.807) is 0 Å². The molecule has 0 aliphatic carbocycles. The van der Waals surface area contributed by atoms with E-state index in [0.29, 0.717) is 56.8 Å². The summed E-state index contributed by atoms with van der Waals surface area (Å²) in [6, 6.07) is 50.4. The van der Waals surface area contributed by atoms with Crippen LogP contribution in [0.3, 0.4) is 0 Å². The Balaban J connectivity index is 0.698. The number of fused-ring (bicyclic) bond motifs is 4. The number of halogens is 1. The van der Waals surface area contributed by atoms with Crippen molar-refractivity contribution in [3.63, 3.8) is 0 Å². The highest BCUT2D eigenvalue weighted by Gasteiger charge is 2.36. The minimum atomic E-state index is 0.155. The molecule has 6 aliphatic rings. The summed E-state index contributed by atoms with van der Waals surface area (Å²) in [5.74, 6) is 2.31. The number of aryl methyl sites for hydroxylation is 2. The molecule has 90 heavy (non-hydrogen) atoms. The number of aliphatic imine (C=N–C) groups is 4. The first kappa shape index (κ1) is 59.4. The summed E-state index contributed by atoms with van der Waals surface area (Å²) in [7, 11) is 4.44. The van der Waals surface area contributed by atoms with Crippen molar-refractivity contribution in [2.24, 2.45) is 20.0 Å². The number of nitrogens with zero attached hydrogens (tertiary/aromatic N) is 14. The zero-order chi connectivity index (χ0) is 61.1. The Labute approximate surface area is 534 Å². The van der Waals surface area contributed by atoms with Gasteiger partial charge in [-0.15, -0.1) is 0 Å². The van der Waals surface area contributed by atoms with Crippen LogP contribution in [0.4, 0.5) is 28.7 Å². The normalized spacial score (nSPS) is 20.0. The van der Waals surface area contributed by atoms with Gasteiger partial charge in [0, 0.05) is 96.2 Å². The Bertz CT molecular complexity index is 4020. The molecule has 8 aromatic rings. The van der Waals surface area contributed by atoms with Crippen LogP contribution in [0, 0.1) is 13.8 Å². The Kier molecular flexibility index (Phi) is 17.6. The number of para-hydroxylation sites is 1. The summed E-state index contributed by atoms with van der Waals surface area (Å²) in [6.07, 6.45) is 8.53. The Morgan fingerprint density at radius 1 is 0.556 bits per heavy atom. The van der Waals surface area contributed by atoms with Crippen molar-refractivity contribution in [2.45, 2.75) is 121 Å². The highest BCUT2D eigenvalue weighted by atomic mass is 35.5. The van der Waals surface area contributed by atoms with Crippen LogP contribution in [0.1, 0.15) is 95.6 Å². The highest BCUT2D eigenvalue weighted by Crippen LogP contribution is 2.42. The van der Waals surface area contributed by atoms with Gasteiger partial charge in [0.1, 0.15) is 24.8 Å². The van der Waals surface area contributed by atoms with Crippen LogP contribution in [0.25, 0.3) is 21.5 Å². The van der Waals surface area contributed by atoms with Crippen molar-refractivity contribution < 1.29 is 9.47 Å². The molecule has 462 valence electrons. The third kappa shape index (κ3) is 13.0. The third-order valence-corrected chi connectivity index (χ3v) is 20.1. The smallest absolute Gasteiger partial charge is 0.318 e. The maximum absolute atomic E-state index is 6.88. The summed E-state index contributed by atoms with van der Waals surface area (Å²) in [5.41, 5.74) is 12.9. The Morgan fingerprint density at radius 2 is 1.14 bits per heavy atom. The summed E-state index contributed by atoms with van der Waals surface area (Å²) >= 11 is 6.10. The van der Waals surface area contributed by atoms with Crippen LogP contribution in [-0.4, -0.2) is 146 Å². The molecule has 8 heterocycles. The van der Waals surface area contributed by atoms with Crippen molar-refractivity contribution in [3.8, 4) is 12.0 Å². The molecule has 0 saturated carbocycles. The lowest BCUT2D eigenvalue weighted by atomic mass is 9.91. The maximum atomic E-state index is 6.88. The number of ether oxygens (including phenoxy) is 2. The zero-order valence-electron chi connectivity index (χ0n) is 52.4. The minimum absolute atomic E-state index is 0.155. The van der Waals surface area contributed by atoms with E-state index in [4.69, 9.17) is 51.0 Å². The van der Waals surface area contributed by atoms with E-state index in [-0.39, 0.29) is 18.1 Å². The molecule has 0 spiro atoms. The third-order valence-electron chi connectivity index (χ3n) is 19.8. The van der Waals surface area contributed by atoms with Gasteiger partial charge in [0.05, 0.1) is 60.8 Å². The summed E-state index contributed by atoms with van der Waals surface area (Å²) < 4.78 is 13.5. The molecule has 1 unspecified atom stereocenters. The minimum Gasteiger partial charge on any atom is -0.462 e. The van der Waals surface area contributed by atoms with Crippen molar-refractivity contribution in [3.05, 3.63) is 171 Å². The van der Waals surface area contributed by atoms with Gasteiger partial charge in [-0.2, -0.15) is 24.9 Å². The molecule has 3 atom stereocenters. The molecule has 16 nitrogen and oxygen atoms in total. The molecule has 6 aromatic carbocycles. The Hall–Kier alpha value is -8.23. The molecular weight excluding hydrogens is 1140 g/mol. The topological polar surface area (TPSA) is 139 Å². The second-order valence-electron chi connectivity index (χ2n) is 25.7. The van der Waals surface area contributed by atoms with Crippen LogP contribution in [0.15, 0.2) is 141 Å². The zero-order valence-corrected chi connectivity index (χ0v) is 53.2. The summed E-state index contributed by atoms with van der Waals surface area (Å²) in [4.78, 5) is 54.5. The second kappa shape index (κ2) is 26.7. The molecule has 6 aliphatic heterocycles. The molecule has 14 rings (SSSR count). The van der Waals surface area contributed by atoms with Gasteiger partial charge in [-0.25, -0.2) is 15.0 Å². The van der Waals surface area contributed by atoms with Gasteiger partial charge < -0.3 is 34.0 Å². The number of hydrogen-bond acceptors (Lipinski definition) is 16. The number of hydrogen-bond donors (Lipinski definition) is 0. The second-order valence-corrected chi connectivity index (χ2v) is 26.2. The van der Waals surface area contributed by atoms with Crippen molar-refractivity contribution in [1.82, 2.24) is 29.7 Å². The number of piperidine rings is 2. The molecule has 0 bridgehead atoms. The monoisotopic (exact) mass is 1220 g/mol. The van der Waals surface area contributed by atoms with Crippen LogP contribution in [0.2, 0.25) is 5.02 Å². The van der Waals surface area contributed by atoms with Crippen LogP contribution in [-0.2, 0) is 32.5 Å². The van der Waals surface area contributed by atoms with Gasteiger partial charge >= 0.3 is 12.0 Å². The number of likely N-dealkylation sites (N-methyl/N-ethyl adjacent to an activating group) is 2. The Morgan fingerprint density at radius 3 is 1.78 bits per heavy atom. The standard InChI is InChI=1S/C73H81ClN14O2/c1-49-12-8-14-52-15-10-20-66(68(49)52)87-36-29-62-64(43-87)79-73(82-70(62)86-34-27-59(28-35-86)78-48-77-57-17-6-5-7-18-57)90-46-61-39-55(42-84(61)4)54-38-53-16-9-13-50(2)69(53)67(40-54)88-37-30-63-65(44-88)80-72(89-45-60-19-11-31-83(60)3)81-71(63)85-32-25-58(26-33-85)76-47-75-41-51-21-23-56(74)24-22-51/h5-10,12-18,20-24,38,40,55,58-61H,11,19,25-37,39,41-46H2,1-4H3/t55?,60-,61-/m0/s1. The lowest BCUT2D eigenvalue weighted by Crippen LogP contribution is -2.39. The summed E-state index contributed by atoms with van der Waals surface area (Å²) in [6.45, 7) is 14.5. The van der Waals surface area contributed by atoms with Crippen LogP contribution in [0.5, 0.6) is 12.0 Å². The van der Waals surface area contributed by atoms with Gasteiger partial charge in [0.2, 0.25) is 0 Å². The predicted molar refractivity (Wildman–Crippen MR) is 363 cm³/mol. The number of aromatic nitrogens is 4. The average Bonchev–Trinajstić information content (AvgIpc) is 1.20. The van der Waals surface area contributed by atoms with E-state index in [9.17, 15) is 0 Å². The van der Waals surface area contributed by atoms with Crippen LogP contribution < -0.4 is 29.1 Å². The first-order valence-electron chi connectivity index (χ1n) is 32.6. The number of likely N-dealkylation sites (tertiary alicyclic amines) is 2. The molecule has 0 N–H and O–H groups in total. The largest absolute Gasteiger partial charge is 0.462 e. The fourth-order valence-electron chi connectivity index (χ4n) is 14.7. The lowest BCUT2D eigenvalue weighted by molar-refractivity contribution is 0.187. The van der Waals surface area contributed by atoms with Crippen molar-refractivity contribution >= 4 is 73.9 Å². The maximum Gasteiger partial charge on any atom is 0.318 e. The predicted octanol–water partition coefficient (Wildman–Crippen LogP) is 13.1. The molecular formula is C73H81ClN14O2. The number of rotatable bonds is 16. The van der Waals surface area contributed by atoms with Gasteiger partial charge in [0.25, 0.3) is 0 Å². The van der Waals surface area contributed by atoms with E-state index < -0.39 is 0 Å². The molecule has 17 heteroatoms. The van der Waals surface area contributed by atoms with Gasteiger partial charge in [0.15, 0.2) is 0 Å². The van der Waals surface area contributed by atoms with E-state index >= 15 is 0 Å². The van der Waals surface area contributed by atoms with Gasteiger partial charge in [-0.3, -0.25) is 4.90 Å².